The third kappa shape index (κ3) is 4.80. The molecule has 0 aliphatic carbocycles. The lowest BCUT2D eigenvalue weighted by Crippen LogP contribution is -2.57. The summed E-state index contributed by atoms with van der Waals surface area (Å²) in [6, 6.07) is 4.08. The van der Waals surface area contributed by atoms with Crippen molar-refractivity contribution in [3.8, 4) is 0 Å². The van der Waals surface area contributed by atoms with Crippen LogP contribution in [0.3, 0.4) is 0 Å². The number of thioether (sulfide) groups is 1. The average molecular weight is 516 g/mol. The molecule has 184 valence electrons. The molecule has 2 aliphatic heterocycles. The Morgan fingerprint density at radius 2 is 2.11 bits per heavy atom. The SMILES string of the molecule is CCOC(=O)CC1C(=O)NCCN1c1nc2ccccn2c(=O)c1C=C1SC(=S)N(C(C)C)C1=O. The smallest absolute Gasteiger partial charge is 0.308 e. The van der Waals surface area contributed by atoms with Crippen molar-refractivity contribution < 1.29 is 19.1 Å². The highest BCUT2D eigenvalue weighted by molar-refractivity contribution is 8.26. The average Bonchev–Trinajstić information content (AvgIpc) is 3.10. The van der Waals surface area contributed by atoms with Crippen LogP contribution in [0.25, 0.3) is 11.7 Å². The number of esters is 1. The van der Waals surface area contributed by atoms with Crippen LogP contribution in [-0.4, -0.2) is 68.2 Å². The quantitative estimate of drug-likeness (QED) is 0.348. The Morgan fingerprint density at radius 1 is 1.34 bits per heavy atom. The summed E-state index contributed by atoms with van der Waals surface area (Å²) in [7, 11) is 0. The number of aromatic nitrogens is 2. The molecule has 0 bridgehead atoms. The lowest BCUT2D eigenvalue weighted by molar-refractivity contribution is -0.145. The number of nitrogens with one attached hydrogen (secondary N) is 1. The van der Waals surface area contributed by atoms with Crippen LogP contribution in [0, 0.1) is 0 Å². The van der Waals surface area contributed by atoms with Gasteiger partial charge in [-0.15, -0.1) is 0 Å². The molecular formula is C23H25N5O5S2. The van der Waals surface area contributed by atoms with Crippen LogP contribution in [-0.2, 0) is 19.1 Å². The third-order valence-electron chi connectivity index (χ3n) is 5.63. The van der Waals surface area contributed by atoms with Crippen LogP contribution in [0.15, 0.2) is 34.1 Å². The minimum absolute atomic E-state index is 0.136. The summed E-state index contributed by atoms with van der Waals surface area (Å²) in [6.45, 7) is 6.22. The van der Waals surface area contributed by atoms with Gasteiger partial charge in [-0.2, -0.15) is 0 Å². The van der Waals surface area contributed by atoms with E-state index in [0.29, 0.717) is 28.0 Å². The minimum Gasteiger partial charge on any atom is -0.466 e. The first-order valence-corrected chi connectivity index (χ1v) is 12.4. The highest BCUT2D eigenvalue weighted by Gasteiger charge is 2.37. The number of anilines is 1. The van der Waals surface area contributed by atoms with E-state index in [1.165, 1.54) is 15.4 Å². The molecule has 12 heteroatoms. The Balaban J connectivity index is 1.87. The van der Waals surface area contributed by atoms with Gasteiger partial charge in [0.05, 0.1) is 23.5 Å². The number of thiocarbonyl (C=S) groups is 1. The predicted molar refractivity (Wildman–Crippen MR) is 137 cm³/mol. The Bertz CT molecular complexity index is 1300. The van der Waals surface area contributed by atoms with Gasteiger partial charge in [-0.3, -0.25) is 28.5 Å². The molecule has 2 aliphatic rings. The molecule has 2 amide bonds. The van der Waals surface area contributed by atoms with Crippen LogP contribution in [0.5, 0.6) is 0 Å². The molecule has 2 aromatic rings. The number of amides is 2. The first-order chi connectivity index (χ1) is 16.7. The van der Waals surface area contributed by atoms with Gasteiger partial charge < -0.3 is 15.0 Å². The van der Waals surface area contributed by atoms with Gasteiger partial charge in [-0.05, 0) is 39.0 Å². The topological polar surface area (TPSA) is 113 Å². The van der Waals surface area contributed by atoms with Crippen LogP contribution < -0.4 is 15.8 Å². The van der Waals surface area contributed by atoms with Crippen molar-refractivity contribution in [1.29, 1.82) is 0 Å². The van der Waals surface area contributed by atoms with E-state index in [2.05, 4.69) is 10.3 Å². The molecule has 4 heterocycles. The van der Waals surface area contributed by atoms with E-state index in [-0.39, 0.29) is 42.3 Å². The maximum Gasteiger partial charge on any atom is 0.308 e. The summed E-state index contributed by atoms with van der Waals surface area (Å²) in [5.41, 5.74) is 0.114. The van der Waals surface area contributed by atoms with Crippen molar-refractivity contribution in [2.45, 2.75) is 39.3 Å². The van der Waals surface area contributed by atoms with Crippen molar-refractivity contribution in [3.05, 3.63) is 45.2 Å². The Hall–Kier alpha value is -3.25. The van der Waals surface area contributed by atoms with Crippen LogP contribution in [0.4, 0.5) is 5.82 Å². The molecule has 0 aromatic carbocycles. The summed E-state index contributed by atoms with van der Waals surface area (Å²) in [6.07, 6.45) is 2.87. The Labute approximate surface area is 211 Å². The molecule has 4 rings (SSSR count). The van der Waals surface area contributed by atoms with E-state index < -0.39 is 17.6 Å². The lowest BCUT2D eigenvalue weighted by atomic mass is 10.1. The number of piperazine rings is 1. The molecule has 0 radical (unpaired) electrons. The van der Waals surface area contributed by atoms with Crippen molar-refractivity contribution in [1.82, 2.24) is 19.6 Å². The molecule has 2 fully saturated rings. The third-order valence-corrected chi connectivity index (χ3v) is 6.96. The number of carbonyl (C=O) groups excluding carboxylic acids is 3. The molecule has 35 heavy (non-hydrogen) atoms. The number of fused-ring (bicyclic) bond motifs is 1. The number of pyridine rings is 1. The normalized spacial score (nSPS) is 19.7. The second-order valence-electron chi connectivity index (χ2n) is 8.24. The predicted octanol–water partition coefficient (Wildman–Crippen LogP) is 1.56. The van der Waals surface area contributed by atoms with Gasteiger partial charge in [-0.1, -0.05) is 30.0 Å². The van der Waals surface area contributed by atoms with Gasteiger partial charge >= 0.3 is 5.97 Å². The van der Waals surface area contributed by atoms with Crippen LogP contribution >= 0.6 is 24.0 Å². The summed E-state index contributed by atoms with van der Waals surface area (Å²) in [5, 5.41) is 2.76. The zero-order chi connectivity index (χ0) is 25.3. The molecule has 1 N–H and O–H groups in total. The summed E-state index contributed by atoms with van der Waals surface area (Å²) >= 11 is 6.49. The number of carbonyl (C=O) groups is 3. The first kappa shape index (κ1) is 24.9. The number of ether oxygens (including phenoxy) is 1. The molecule has 10 nitrogen and oxygen atoms in total. The first-order valence-electron chi connectivity index (χ1n) is 11.2. The second kappa shape index (κ2) is 10.2. The van der Waals surface area contributed by atoms with Gasteiger partial charge in [0.2, 0.25) is 5.91 Å². The second-order valence-corrected chi connectivity index (χ2v) is 9.91. The minimum atomic E-state index is -0.918. The zero-order valence-corrected chi connectivity index (χ0v) is 21.1. The van der Waals surface area contributed by atoms with Gasteiger partial charge in [0.1, 0.15) is 21.8 Å². The largest absolute Gasteiger partial charge is 0.466 e. The van der Waals surface area contributed by atoms with E-state index in [9.17, 15) is 19.2 Å². The van der Waals surface area contributed by atoms with Crippen molar-refractivity contribution in [2.24, 2.45) is 0 Å². The number of hydrogen-bond donors (Lipinski definition) is 1. The fourth-order valence-electron chi connectivity index (χ4n) is 4.04. The molecule has 0 spiro atoms. The van der Waals surface area contributed by atoms with Gasteiger partial charge in [0, 0.05) is 25.3 Å². The van der Waals surface area contributed by atoms with Crippen LogP contribution in [0.2, 0.25) is 0 Å². The molecule has 1 unspecified atom stereocenters. The fourth-order valence-corrected chi connectivity index (χ4v) is 5.55. The van der Waals surface area contributed by atoms with Crippen molar-refractivity contribution in [3.63, 3.8) is 0 Å². The van der Waals surface area contributed by atoms with Crippen LogP contribution in [0.1, 0.15) is 32.8 Å². The van der Waals surface area contributed by atoms with Gasteiger partial charge in [-0.25, -0.2) is 4.98 Å². The number of nitrogens with zero attached hydrogens (tertiary/aromatic N) is 4. The highest BCUT2D eigenvalue weighted by atomic mass is 32.2. The van der Waals surface area contributed by atoms with E-state index in [4.69, 9.17) is 17.0 Å². The van der Waals surface area contributed by atoms with E-state index in [1.807, 2.05) is 13.8 Å². The summed E-state index contributed by atoms with van der Waals surface area (Å²) in [4.78, 5) is 59.8. The lowest BCUT2D eigenvalue weighted by Gasteiger charge is -2.36. The molecular weight excluding hydrogens is 490 g/mol. The number of rotatable bonds is 6. The summed E-state index contributed by atoms with van der Waals surface area (Å²) < 4.78 is 6.84. The standard InChI is InChI=1S/C23H25N5O5S2/c1-4-33-18(29)12-15-20(30)24-8-10-26(15)19-14(21(31)27-9-6-5-7-17(27)25-19)11-16-22(32)28(13(2)3)23(34)35-16/h5-7,9,11,13,15H,4,8,10,12H2,1-3H3,(H,24,30). The monoisotopic (exact) mass is 515 g/mol. The molecule has 0 saturated carbocycles. The Kier molecular flexibility index (Phi) is 7.22. The van der Waals surface area contributed by atoms with E-state index in [0.717, 1.165) is 11.8 Å². The van der Waals surface area contributed by atoms with E-state index >= 15 is 0 Å². The maximum atomic E-state index is 13.6. The molecule has 1 atom stereocenters. The zero-order valence-electron chi connectivity index (χ0n) is 19.5. The highest BCUT2D eigenvalue weighted by Crippen LogP contribution is 2.35. The van der Waals surface area contributed by atoms with Gasteiger partial charge in [0.15, 0.2) is 0 Å². The van der Waals surface area contributed by atoms with Crippen molar-refractivity contribution in [2.75, 3.05) is 24.6 Å². The molecule has 2 aromatic heterocycles. The fraction of sp³-hybridized carbons (Fsp3) is 0.391. The molecule has 2 saturated heterocycles. The summed E-state index contributed by atoms with van der Waals surface area (Å²) in [5.74, 6) is -0.967. The van der Waals surface area contributed by atoms with Crippen molar-refractivity contribution >= 4 is 63.6 Å². The van der Waals surface area contributed by atoms with E-state index in [1.54, 1.807) is 36.2 Å². The van der Waals surface area contributed by atoms with Gasteiger partial charge in [0.25, 0.3) is 11.5 Å². The Morgan fingerprint density at radius 3 is 2.80 bits per heavy atom. The number of hydrogen-bond acceptors (Lipinski definition) is 9. The maximum absolute atomic E-state index is 13.6.